The zero-order valence-electron chi connectivity index (χ0n) is 19.1. The number of rotatable bonds is 7. The summed E-state index contributed by atoms with van der Waals surface area (Å²) in [6, 6.07) is 17.5. The lowest BCUT2D eigenvalue weighted by Crippen LogP contribution is -2.35. The van der Waals surface area contributed by atoms with Gasteiger partial charge < -0.3 is 4.90 Å². The van der Waals surface area contributed by atoms with E-state index < -0.39 is 0 Å². The summed E-state index contributed by atoms with van der Waals surface area (Å²) in [6.45, 7) is 10.0. The van der Waals surface area contributed by atoms with E-state index in [4.69, 9.17) is 0 Å². The summed E-state index contributed by atoms with van der Waals surface area (Å²) >= 11 is 1.82. The molecule has 0 N–H and O–H groups in total. The summed E-state index contributed by atoms with van der Waals surface area (Å²) in [5.74, 6) is 0.538. The third-order valence-electron chi connectivity index (χ3n) is 6.54. The van der Waals surface area contributed by atoms with E-state index in [1.54, 1.807) is 19.1 Å². The minimum absolute atomic E-state index is 0.0598. The number of hydrogen-bond acceptors (Lipinski definition) is 3. The first kappa shape index (κ1) is 22.7. The zero-order valence-corrected chi connectivity index (χ0v) is 19.9. The Hall–Kier alpha value is -2.50. The van der Waals surface area contributed by atoms with Crippen LogP contribution in [0, 0.1) is 25.6 Å². The van der Waals surface area contributed by atoms with Gasteiger partial charge in [-0.3, -0.25) is 9.69 Å². The van der Waals surface area contributed by atoms with Crippen molar-refractivity contribution < 1.29 is 9.18 Å². The van der Waals surface area contributed by atoms with Crippen molar-refractivity contribution in [3.63, 3.8) is 0 Å². The predicted molar refractivity (Wildman–Crippen MR) is 129 cm³/mol. The van der Waals surface area contributed by atoms with Crippen LogP contribution in [-0.4, -0.2) is 35.3 Å². The Morgan fingerprint density at radius 3 is 2.41 bits per heavy atom. The summed E-state index contributed by atoms with van der Waals surface area (Å²) < 4.78 is 13.3. The molecule has 5 heteroatoms. The standard InChI is InChI=1S/C27H31FN2OS/c1-19-4-8-23(9-5-19)26-17-29(18-27-20(2)12-13-32-27)15-24(26)16-30(21(3)31)14-22-6-10-25(28)11-7-22/h4-13,24,26H,14-18H2,1-3H3/t24-,26+/m0/s1. The first-order valence-corrected chi connectivity index (χ1v) is 12.1. The molecule has 3 aromatic rings. The van der Waals surface area contributed by atoms with Gasteiger partial charge in [0.1, 0.15) is 5.82 Å². The van der Waals surface area contributed by atoms with E-state index in [-0.39, 0.29) is 11.7 Å². The van der Waals surface area contributed by atoms with E-state index >= 15 is 0 Å². The maximum atomic E-state index is 13.3. The van der Waals surface area contributed by atoms with Gasteiger partial charge >= 0.3 is 0 Å². The first-order chi connectivity index (χ1) is 15.4. The molecule has 1 aliphatic heterocycles. The fourth-order valence-electron chi connectivity index (χ4n) is 4.63. The molecular weight excluding hydrogens is 419 g/mol. The van der Waals surface area contributed by atoms with Crippen LogP contribution >= 0.6 is 11.3 Å². The number of carbonyl (C=O) groups is 1. The average Bonchev–Trinajstić information content (AvgIpc) is 3.35. The molecule has 0 radical (unpaired) electrons. The summed E-state index contributed by atoms with van der Waals surface area (Å²) in [6.07, 6.45) is 0. The van der Waals surface area contributed by atoms with Crippen LogP contribution in [0.4, 0.5) is 4.39 Å². The van der Waals surface area contributed by atoms with E-state index in [2.05, 4.69) is 54.5 Å². The van der Waals surface area contributed by atoms with Gasteiger partial charge in [-0.05, 0) is 60.0 Å². The average molecular weight is 451 g/mol. The maximum Gasteiger partial charge on any atom is 0.219 e. The Morgan fingerprint density at radius 2 is 1.78 bits per heavy atom. The lowest BCUT2D eigenvalue weighted by Gasteiger charge is -2.28. The molecule has 2 heterocycles. The van der Waals surface area contributed by atoms with Crippen LogP contribution in [0.2, 0.25) is 0 Å². The Bertz CT molecular complexity index is 1040. The highest BCUT2D eigenvalue weighted by Gasteiger charge is 2.35. The second kappa shape index (κ2) is 9.97. The SMILES string of the molecule is CC(=O)N(Cc1ccc(F)cc1)C[C@@H]1CN(Cc2sccc2C)C[C@@H]1c1ccc(C)cc1. The van der Waals surface area contributed by atoms with Crippen molar-refractivity contribution in [3.8, 4) is 0 Å². The number of hydrogen-bond donors (Lipinski definition) is 0. The van der Waals surface area contributed by atoms with Crippen molar-refractivity contribution >= 4 is 17.2 Å². The highest BCUT2D eigenvalue weighted by atomic mass is 32.1. The zero-order chi connectivity index (χ0) is 22.7. The van der Waals surface area contributed by atoms with Gasteiger partial charge in [0.05, 0.1) is 0 Å². The van der Waals surface area contributed by atoms with E-state index in [1.165, 1.54) is 33.7 Å². The van der Waals surface area contributed by atoms with Crippen molar-refractivity contribution in [1.29, 1.82) is 0 Å². The molecule has 1 aliphatic rings. The molecule has 0 unspecified atom stereocenters. The Morgan fingerprint density at radius 1 is 1.06 bits per heavy atom. The second-order valence-corrected chi connectivity index (χ2v) is 10.0. The highest BCUT2D eigenvalue weighted by Crippen LogP contribution is 2.35. The topological polar surface area (TPSA) is 23.6 Å². The third-order valence-corrected chi connectivity index (χ3v) is 7.55. The monoisotopic (exact) mass is 450 g/mol. The molecule has 0 bridgehead atoms. The van der Waals surface area contributed by atoms with Crippen molar-refractivity contribution in [2.24, 2.45) is 5.92 Å². The van der Waals surface area contributed by atoms with Crippen LogP contribution in [0.5, 0.6) is 0 Å². The molecule has 2 atom stereocenters. The second-order valence-electron chi connectivity index (χ2n) is 9.02. The highest BCUT2D eigenvalue weighted by molar-refractivity contribution is 7.10. The lowest BCUT2D eigenvalue weighted by atomic mass is 9.88. The molecule has 2 aromatic carbocycles. The molecule has 1 saturated heterocycles. The normalized spacial score (nSPS) is 18.8. The van der Waals surface area contributed by atoms with E-state index in [9.17, 15) is 9.18 Å². The minimum atomic E-state index is -0.252. The molecular formula is C27H31FN2OS. The van der Waals surface area contributed by atoms with Crippen LogP contribution in [-0.2, 0) is 17.9 Å². The molecule has 168 valence electrons. The molecule has 0 saturated carbocycles. The number of nitrogens with zero attached hydrogens (tertiary/aromatic N) is 2. The van der Waals surface area contributed by atoms with E-state index in [0.29, 0.717) is 24.9 Å². The smallest absolute Gasteiger partial charge is 0.219 e. The van der Waals surface area contributed by atoms with Gasteiger partial charge in [-0.25, -0.2) is 4.39 Å². The number of benzene rings is 2. The van der Waals surface area contributed by atoms with Gasteiger partial charge in [0.25, 0.3) is 0 Å². The fourth-order valence-corrected chi connectivity index (χ4v) is 5.58. The molecule has 0 spiro atoms. The number of carbonyl (C=O) groups excluding carboxylic acids is 1. The van der Waals surface area contributed by atoms with Crippen LogP contribution in [0.3, 0.4) is 0 Å². The van der Waals surface area contributed by atoms with Crippen molar-refractivity contribution in [2.45, 2.75) is 39.8 Å². The van der Waals surface area contributed by atoms with Crippen molar-refractivity contribution in [3.05, 3.63) is 92.9 Å². The predicted octanol–water partition coefficient (Wildman–Crippen LogP) is 5.77. The van der Waals surface area contributed by atoms with E-state index in [0.717, 1.165) is 25.2 Å². The molecule has 4 rings (SSSR count). The lowest BCUT2D eigenvalue weighted by molar-refractivity contribution is -0.130. The summed E-state index contributed by atoms with van der Waals surface area (Å²) in [5.41, 5.74) is 4.91. The summed E-state index contributed by atoms with van der Waals surface area (Å²) in [4.78, 5) is 18.4. The van der Waals surface area contributed by atoms with Crippen LogP contribution < -0.4 is 0 Å². The summed E-state index contributed by atoms with van der Waals surface area (Å²) in [7, 11) is 0. The van der Waals surface area contributed by atoms with Crippen LogP contribution in [0.25, 0.3) is 0 Å². The first-order valence-electron chi connectivity index (χ1n) is 11.2. The van der Waals surface area contributed by atoms with Crippen LogP contribution in [0.15, 0.2) is 60.0 Å². The van der Waals surface area contributed by atoms with Gasteiger partial charge in [0.2, 0.25) is 5.91 Å². The molecule has 3 nitrogen and oxygen atoms in total. The van der Waals surface area contributed by atoms with Crippen LogP contribution in [0.1, 0.15) is 40.0 Å². The quantitative estimate of drug-likeness (QED) is 0.456. The number of thiophene rings is 1. The molecule has 0 aliphatic carbocycles. The largest absolute Gasteiger partial charge is 0.338 e. The van der Waals surface area contributed by atoms with Gasteiger partial charge in [-0.1, -0.05) is 42.0 Å². The Kier molecular flexibility index (Phi) is 7.07. The molecule has 1 aromatic heterocycles. The third kappa shape index (κ3) is 5.45. The van der Waals surface area contributed by atoms with Gasteiger partial charge in [0.15, 0.2) is 0 Å². The Balaban J connectivity index is 1.54. The van der Waals surface area contributed by atoms with Gasteiger partial charge in [-0.15, -0.1) is 11.3 Å². The molecule has 1 amide bonds. The molecule has 32 heavy (non-hydrogen) atoms. The molecule has 1 fully saturated rings. The number of halogens is 1. The van der Waals surface area contributed by atoms with Crippen molar-refractivity contribution in [2.75, 3.05) is 19.6 Å². The minimum Gasteiger partial charge on any atom is -0.338 e. The van der Waals surface area contributed by atoms with Crippen molar-refractivity contribution in [1.82, 2.24) is 9.80 Å². The number of amides is 1. The number of aryl methyl sites for hydroxylation is 2. The van der Waals surface area contributed by atoms with Gasteiger partial charge in [-0.2, -0.15) is 0 Å². The number of likely N-dealkylation sites (tertiary alicyclic amines) is 1. The fraction of sp³-hybridized carbons (Fsp3) is 0.370. The van der Waals surface area contributed by atoms with Gasteiger partial charge in [0, 0.05) is 50.4 Å². The van der Waals surface area contributed by atoms with E-state index in [1.807, 2.05) is 16.2 Å². The Labute approximate surface area is 194 Å². The maximum absolute atomic E-state index is 13.3. The summed E-state index contributed by atoms with van der Waals surface area (Å²) in [5, 5.41) is 2.16.